The van der Waals surface area contributed by atoms with Crippen molar-refractivity contribution in [2.45, 2.75) is 54.1 Å². The summed E-state index contributed by atoms with van der Waals surface area (Å²) >= 11 is 0. The van der Waals surface area contributed by atoms with Gasteiger partial charge in [0.1, 0.15) is 0 Å². The van der Waals surface area contributed by atoms with Crippen LogP contribution in [-0.4, -0.2) is 50.8 Å². The Labute approximate surface area is 121 Å². The third kappa shape index (κ3) is 10.3. The van der Waals surface area contributed by atoms with Crippen LogP contribution in [0.4, 0.5) is 0 Å². The van der Waals surface area contributed by atoms with Gasteiger partial charge in [-0.25, -0.2) is 0 Å². The summed E-state index contributed by atoms with van der Waals surface area (Å²) in [5, 5.41) is 3.60. The minimum absolute atomic E-state index is 0.332. The summed E-state index contributed by atoms with van der Waals surface area (Å²) < 4.78 is 5.62. The fourth-order valence-corrected chi connectivity index (χ4v) is 2.13. The first-order valence-corrected chi connectivity index (χ1v) is 7.80. The first kappa shape index (κ1) is 18.9. The molecule has 0 aromatic carbocycles. The SMILES string of the molecule is CCC(C)(CNCC(C)C)CN(C)CCOC(C)C. The maximum Gasteiger partial charge on any atom is 0.0596 e. The second-order valence-electron chi connectivity index (χ2n) is 6.85. The maximum atomic E-state index is 5.62. The van der Waals surface area contributed by atoms with Crippen molar-refractivity contribution in [3.63, 3.8) is 0 Å². The molecular formula is C16H36N2O. The number of likely N-dealkylation sites (N-methyl/N-ethyl adjacent to an activating group) is 1. The Hall–Kier alpha value is -0.120. The molecule has 0 bridgehead atoms. The molecule has 0 aliphatic heterocycles. The van der Waals surface area contributed by atoms with Gasteiger partial charge in [-0.2, -0.15) is 0 Å². The van der Waals surface area contributed by atoms with Gasteiger partial charge in [0.05, 0.1) is 12.7 Å². The van der Waals surface area contributed by atoms with E-state index in [1.807, 2.05) is 0 Å². The molecule has 0 amide bonds. The molecule has 0 fully saturated rings. The Morgan fingerprint density at radius 2 is 1.84 bits per heavy atom. The molecule has 0 aliphatic carbocycles. The van der Waals surface area contributed by atoms with E-state index in [1.54, 1.807) is 0 Å². The van der Waals surface area contributed by atoms with Crippen LogP contribution in [-0.2, 0) is 4.74 Å². The molecule has 1 atom stereocenters. The molecule has 0 radical (unpaired) electrons. The molecule has 19 heavy (non-hydrogen) atoms. The molecule has 116 valence electrons. The summed E-state index contributed by atoms with van der Waals surface area (Å²) in [5.74, 6) is 0.721. The van der Waals surface area contributed by atoms with Crippen LogP contribution in [0.2, 0.25) is 0 Å². The highest BCUT2D eigenvalue weighted by molar-refractivity contribution is 4.79. The lowest BCUT2D eigenvalue weighted by Gasteiger charge is -2.33. The number of hydrogen-bond acceptors (Lipinski definition) is 3. The summed E-state index contributed by atoms with van der Waals surface area (Å²) in [6.45, 7) is 18.5. The van der Waals surface area contributed by atoms with E-state index in [9.17, 15) is 0 Å². The van der Waals surface area contributed by atoms with Gasteiger partial charge in [-0.3, -0.25) is 0 Å². The van der Waals surface area contributed by atoms with Crippen molar-refractivity contribution in [2.24, 2.45) is 11.3 Å². The van der Waals surface area contributed by atoms with Gasteiger partial charge < -0.3 is 15.0 Å². The van der Waals surface area contributed by atoms with E-state index in [-0.39, 0.29) is 0 Å². The number of hydrogen-bond donors (Lipinski definition) is 1. The Kier molecular flexibility index (Phi) is 9.67. The molecular weight excluding hydrogens is 236 g/mol. The zero-order valence-electron chi connectivity index (χ0n) is 14.3. The molecule has 0 aromatic rings. The van der Waals surface area contributed by atoms with E-state index in [2.05, 4.69) is 58.8 Å². The summed E-state index contributed by atoms with van der Waals surface area (Å²) in [5.41, 5.74) is 0.349. The molecule has 0 aliphatic rings. The van der Waals surface area contributed by atoms with Crippen LogP contribution in [0.1, 0.15) is 48.0 Å². The van der Waals surface area contributed by atoms with E-state index < -0.39 is 0 Å². The van der Waals surface area contributed by atoms with Gasteiger partial charge >= 0.3 is 0 Å². The van der Waals surface area contributed by atoms with Gasteiger partial charge in [0.15, 0.2) is 0 Å². The highest BCUT2D eigenvalue weighted by atomic mass is 16.5. The van der Waals surface area contributed by atoms with Crippen molar-refractivity contribution >= 4 is 0 Å². The van der Waals surface area contributed by atoms with E-state index >= 15 is 0 Å². The minimum atomic E-state index is 0.332. The van der Waals surface area contributed by atoms with Crippen molar-refractivity contribution < 1.29 is 4.74 Å². The lowest BCUT2D eigenvalue weighted by atomic mass is 9.86. The molecule has 3 nitrogen and oxygen atoms in total. The summed E-state index contributed by atoms with van der Waals surface area (Å²) in [7, 11) is 2.19. The fourth-order valence-electron chi connectivity index (χ4n) is 2.13. The first-order chi connectivity index (χ1) is 8.79. The predicted octanol–water partition coefficient (Wildman–Crippen LogP) is 3.01. The Morgan fingerprint density at radius 1 is 1.21 bits per heavy atom. The lowest BCUT2D eigenvalue weighted by Crippen LogP contribution is -2.42. The van der Waals surface area contributed by atoms with Crippen LogP contribution >= 0.6 is 0 Å². The smallest absolute Gasteiger partial charge is 0.0596 e. The minimum Gasteiger partial charge on any atom is -0.377 e. The van der Waals surface area contributed by atoms with Crippen molar-refractivity contribution in [3.8, 4) is 0 Å². The standard InChI is InChI=1S/C16H36N2O/c1-8-16(6,12-17-11-14(2)3)13-18(7)9-10-19-15(4)5/h14-15,17H,8-13H2,1-7H3. The number of rotatable bonds is 11. The first-order valence-electron chi connectivity index (χ1n) is 7.80. The number of nitrogens with zero attached hydrogens (tertiary/aromatic N) is 1. The van der Waals surface area contributed by atoms with E-state index in [1.165, 1.54) is 6.42 Å². The second kappa shape index (κ2) is 9.73. The van der Waals surface area contributed by atoms with Crippen molar-refractivity contribution in [1.82, 2.24) is 10.2 Å². The zero-order chi connectivity index (χ0) is 14.9. The third-order valence-electron chi connectivity index (χ3n) is 3.53. The Bertz CT molecular complexity index is 219. The summed E-state index contributed by atoms with van der Waals surface area (Å²) in [6.07, 6.45) is 1.53. The van der Waals surface area contributed by atoms with Crippen LogP contribution < -0.4 is 5.32 Å². The summed E-state index contributed by atoms with van der Waals surface area (Å²) in [6, 6.07) is 0. The molecule has 0 aromatic heterocycles. The van der Waals surface area contributed by atoms with Gasteiger partial charge in [-0.15, -0.1) is 0 Å². The Balaban J connectivity index is 3.99. The highest BCUT2D eigenvalue weighted by Crippen LogP contribution is 2.21. The monoisotopic (exact) mass is 272 g/mol. The van der Waals surface area contributed by atoms with Crippen molar-refractivity contribution in [2.75, 3.05) is 39.8 Å². The predicted molar refractivity (Wildman–Crippen MR) is 84.7 cm³/mol. The third-order valence-corrected chi connectivity index (χ3v) is 3.53. The molecule has 1 unspecified atom stereocenters. The van der Waals surface area contributed by atoms with Gasteiger partial charge in [0.25, 0.3) is 0 Å². The highest BCUT2D eigenvalue weighted by Gasteiger charge is 2.23. The molecule has 0 rings (SSSR count). The van der Waals surface area contributed by atoms with Gasteiger partial charge in [-0.05, 0) is 45.2 Å². The normalized spacial score (nSPS) is 15.5. The molecule has 0 spiro atoms. The molecule has 0 saturated carbocycles. The molecule has 0 heterocycles. The molecule has 1 N–H and O–H groups in total. The average Bonchev–Trinajstić information content (AvgIpc) is 2.27. The van der Waals surface area contributed by atoms with E-state index in [0.717, 1.165) is 38.7 Å². The van der Waals surface area contributed by atoms with E-state index in [0.29, 0.717) is 11.5 Å². The van der Waals surface area contributed by atoms with Gasteiger partial charge in [0, 0.05) is 19.6 Å². The van der Waals surface area contributed by atoms with Gasteiger partial charge in [0.2, 0.25) is 0 Å². The fraction of sp³-hybridized carbons (Fsp3) is 1.00. The van der Waals surface area contributed by atoms with Crippen molar-refractivity contribution in [3.05, 3.63) is 0 Å². The Morgan fingerprint density at radius 3 is 2.32 bits per heavy atom. The topological polar surface area (TPSA) is 24.5 Å². The van der Waals surface area contributed by atoms with Crippen LogP contribution in [0.5, 0.6) is 0 Å². The van der Waals surface area contributed by atoms with Crippen molar-refractivity contribution in [1.29, 1.82) is 0 Å². The number of nitrogens with one attached hydrogen (secondary N) is 1. The van der Waals surface area contributed by atoms with E-state index in [4.69, 9.17) is 4.74 Å². The number of ether oxygens (including phenoxy) is 1. The lowest BCUT2D eigenvalue weighted by molar-refractivity contribution is 0.0552. The maximum absolute atomic E-state index is 5.62. The summed E-state index contributed by atoms with van der Waals surface area (Å²) in [4.78, 5) is 2.39. The quantitative estimate of drug-likeness (QED) is 0.626. The van der Waals surface area contributed by atoms with Crippen LogP contribution in [0.15, 0.2) is 0 Å². The van der Waals surface area contributed by atoms with Crippen LogP contribution in [0, 0.1) is 11.3 Å². The largest absolute Gasteiger partial charge is 0.377 e. The van der Waals surface area contributed by atoms with Crippen LogP contribution in [0.3, 0.4) is 0 Å². The van der Waals surface area contributed by atoms with Gasteiger partial charge in [-0.1, -0.05) is 27.7 Å². The average molecular weight is 272 g/mol. The second-order valence-corrected chi connectivity index (χ2v) is 6.85. The van der Waals surface area contributed by atoms with Crippen LogP contribution in [0.25, 0.3) is 0 Å². The molecule has 0 saturated heterocycles. The zero-order valence-corrected chi connectivity index (χ0v) is 14.3. The molecule has 3 heteroatoms.